The van der Waals surface area contributed by atoms with Crippen molar-refractivity contribution in [3.05, 3.63) is 0 Å². The summed E-state index contributed by atoms with van der Waals surface area (Å²) in [7, 11) is 0. The third-order valence-corrected chi connectivity index (χ3v) is 2.90. The average Bonchev–Trinajstić information content (AvgIpc) is 1.85. The Kier molecular flexibility index (Phi) is 2.94. The smallest absolute Gasteiger partial charge is 0.0545 e. The fourth-order valence-electron chi connectivity index (χ4n) is 2.16. The van der Waals surface area contributed by atoms with Gasteiger partial charge in [-0.1, -0.05) is 20.8 Å². The molecule has 0 radical (unpaired) electrons. The van der Waals surface area contributed by atoms with Gasteiger partial charge in [-0.15, -0.1) is 0 Å². The third kappa shape index (κ3) is 2.48. The van der Waals surface area contributed by atoms with E-state index >= 15 is 0 Å². The van der Waals surface area contributed by atoms with Crippen LogP contribution in [0.25, 0.3) is 0 Å². The normalized spacial score (nSPS) is 39.5. The van der Waals surface area contributed by atoms with Crippen LogP contribution in [0.15, 0.2) is 0 Å². The van der Waals surface area contributed by atoms with Gasteiger partial charge in [0.25, 0.3) is 0 Å². The first-order chi connectivity index (χ1) is 5.09. The van der Waals surface area contributed by atoms with Gasteiger partial charge in [0.2, 0.25) is 0 Å². The summed E-state index contributed by atoms with van der Waals surface area (Å²) in [5.41, 5.74) is 0. The van der Waals surface area contributed by atoms with Gasteiger partial charge in [0.15, 0.2) is 0 Å². The summed E-state index contributed by atoms with van der Waals surface area (Å²) < 4.78 is 0. The van der Waals surface area contributed by atoms with E-state index in [1.165, 1.54) is 6.42 Å². The largest absolute Gasteiger partial charge is 0.393 e. The van der Waals surface area contributed by atoms with Gasteiger partial charge in [-0.05, 0) is 37.0 Å². The van der Waals surface area contributed by atoms with Crippen molar-refractivity contribution in [2.45, 2.75) is 46.1 Å². The lowest BCUT2D eigenvalue weighted by atomic mass is 9.76. The second kappa shape index (κ2) is 3.57. The van der Waals surface area contributed by atoms with Crippen LogP contribution in [0.2, 0.25) is 0 Å². The van der Waals surface area contributed by atoms with Crippen molar-refractivity contribution in [1.29, 1.82) is 0 Å². The molecule has 11 heavy (non-hydrogen) atoms. The third-order valence-electron chi connectivity index (χ3n) is 2.90. The maximum atomic E-state index is 9.50. The minimum absolute atomic E-state index is 0.0221. The molecule has 0 unspecified atom stereocenters. The van der Waals surface area contributed by atoms with E-state index in [1.807, 2.05) is 0 Å². The topological polar surface area (TPSA) is 20.2 Å². The van der Waals surface area contributed by atoms with Crippen molar-refractivity contribution in [2.75, 3.05) is 0 Å². The first kappa shape index (κ1) is 9.05. The summed E-state index contributed by atoms with van der Waals surface area (Å²) >= 11 is 0. The van der Waals surface area contributed by atoms with Crippen molar-refractivity contribution in [3.8, 4) is 0 Å². The maximum absolute atomic E-state index is 9.50. The molecular formula is C10H20O. The summed E-state index contributed by atoms with van der Waals surface area (Å²) in [6, 6.07) is 0. The highest BCUT2D eigenvalue weighted by molar-refractivity contribution is 4.77. The molecule has 0 heterocycles. The first-order valence-electron chi connectivity index (χ1n) is 4.77. The predicted octanol–water partition coefficient (Wildman–Crippen LogP) is 2.44. The Morgan fingerprint density at radius 3 is 2.27 bits per heavy atom. The number of rotatable bonds is 1. The molecule has 1 rings (SSSR count). The van der Waals surface area contributed by atoms with Gasteiger partial charge in [0.1, 0.15) is 0 Å². The van der Waals surface area contributed by atoms with E-state index in [9.17, 15) is 5.11 Å². The van der Waals surface area contributed by atoms with Crippen molar-refractivity contribution < 1.29 is 5.11 Å². The Morgan fingerprint density at radius 2 is 1.82 bits per heavy atom. The second-order valence-corrected chi connectivity index (χ2v) is 4.47. The molecule has 3 atom stereocenters. The van der Waals surface area contributed by atoms with Gasteiger partial charge < -0.3 is 5.11 Å². The predicted molar refractivity (Wildman–Crippen MR) is 47.3 cm³/mol. The van der Waals surface area contributed by atoms with Gasteiger partial charge in [0, 0.05) is 0 Å². The fraction of sp³-hybridized carbons (Fsp3) is 1.00. The standard InChI is InChI=1S/C10H20O/c1-7(2)9-4-8(3)5-10(11)6-9/h7-11H,4-6H2,1-3H3/t8-,9-,10+/m1/s1. The van der Waals surface area contributed by atoms with Crippen LogP contribution in [0.3, 0.4) is 0 Å². The van der Waals surface area contributed by atoms with E-state index in [0.717, 1.165) is 30.6 Å². The fourth-order valence-corrected chi connectivity index (χ4v) is 2.16. The highest BCUT2D eigenvalue weighted by atomic mass is 16.3. The van der Waals surface area contributed by atoms with E-state index < -0.39 is 0 Å². The Bertz CT molecular complexity index is 110. The number of aliphatic hydroxyl groups excluding tert-OH is 1. The van der Waals surface area contributed by atoms with Crippen LogP contribution in [0, 0.1) is 17.8 Å². The zero-order chi connectivity index (χ0) is 8.43. The van der Waals surface area contributed by atoms with E-state index in [0.29, 0.717) is 0 Å². The minimum Gasteiger partial charge on any atom is -0.393 e. The summed E-state index contributed by atoms with van der Waals surface area (Å²) in [6.07, 6.45) is 3.34. The summed E-state index contributed by atoms with van der Waals surface area (Å²) in [5, 5.41) is 9.50. The van der Waals surface area contributed by atoms with Crippen LogP contribution in [0.1, 0.15) is 40.0 Å². The molecule has 1 saturated carbocycles. The van der Waals surface area contributed by atoms with Crippen molar-refractivity contribution >= 4 is 0 Å². The van der Waals surface area contributed by atoms with Crippen LogP contribution < -0.4 is 0 Å². The molecule has 0 saturated heterocycles. The van der Waals surface area contributed by atoms with Gasteiger partial charge in [-0.2, -0.15) is 0 Å². The molecule has 66 valence electrons. The van der Waals surface area contributed by atoms with Crippen LogP contribution in [0.5, 0.6) is 0 Å². The minimum atomic E-state index is -0.0221. The number of hydrogen-bond acceptors (Lipinski definition) is 1. The Morgan fingerprint density at radius 1 is 1.18 bits per heavy atom. The Balaban J connectivity index is 2.43. The molecule has 0 aliphatic heterocycles. The van der Waals surface area contributed by atoms with Crippen molar-refractivity contribution in [1.82, 2.24) is 0 Å². The highest BCUT2D eigenvalue weighted by Crippen LogP contribution is 2.33. The van der Waals surface area contributed by atoms with Gasteiger partial charge in [-0.25, -0.2) is 0 Å². The number of hydrogen-bond donors (Lipinski definition) is 1. The zero-order valence-electron chi connectivity index (χ0n) is 7.88. The monoisotopic (exact) mass is 156 g/mol. The van der Waals surface area contributed by atoms with Crippen molar-refractivity contribution in [2.24, 2.45) is 17.8 Å². The molecule has 1 aliphatic rings. The molecule has 0 bridgehead atoms. The Hall–Kier alpha value is -0.0400. The first-order valence-corrected chi connectivity index (χ1v) is 4.77. The molecule has 0 spiro atoms. The summed E-state index contributed by atoms with van der Waals surface area (Å²) in [4.78, 5) is 0. The van der Waals surface area contributed by atoms with Crippen LogP contribution in [-0.4, -0.2) is 11.2 Å². The van der Waals surface area contributed by atoms with E-state index in [4.69, 9.17) is 0 Å². The molecule has 1 aliphatic carbocycles. The molecule has 1 heteroatoms. The van der Waals surface area contributed by atoms with E-state index in [2.05, 4.69) is 20.8 Å². The molecule has 0 amide bonds. The lowest BCUT2D eigenvalue weighted by Crippen LogP contribution is -2.27. The molecule has 0 aromatic carbocycles. The summed E-state index contributed by atoms with van der Waals surface area (Å²) in [6.45, 7) is 6.77. The molecule has 0 aromatic rings. The van der Waals surface area contributed by atoms with E-state index in [-0.39, 0.29) is 6.10 Å². The lowest BCUT2D eigenvalue weighted by molar-refractivity contribution is 0.0599. The zero-order valence-corrected chi connectivity index (χ0v) is 7.88. The highest BCUT2D eigenvalue weighted by Gasteiger charge is 2.26. The average molecular weight is 156 g/mol. The summed E-state index contributed by atoms with van der Waals surface area (Å²) in [5.74, 6) is 2.23. The van der Waals surface area contributed by atoms with Gasteiger partial charge in [-0.3, -0.25) is 0 Å². The van der Waals surface area contributed by atoms with Crippen molar-refractivity contribution in [3.63, 3.8) is 0 Å². The van der Waals surface area contributed by atoms with Gasteiger partial charge in [0.05, 0.1) is 6.10 Å². The second-order valence-electron chi connectivity index (χ2n) is 4.47. The maximum Gasteiger partial charge on any atom is 0.0545 e. The molecular weight excluding hydrogens is 136 g/mol. The van der Waals surface area contributed by atoms with Crippen LogP contribution >= 0.6 is 0 Å². The van der Waals surface area contributed by atoms with E-state index in [1.54, 1.807) is 0 Å². The molecule has 0 aromatic heterocycles. The number of aliphatic hydroxyl groups is 1. The quantitative estimate of drug-likeness (QED) is 0.618. The molecule has 1 fully saturated rings. The van der Waals surface area contributed by atoms with Gasteiger partial charge >= 0.3 is 0 Å². The van der Waals surface area contributed by atoms with Crippen LogP contribution in [0.4, 0.5) is 0 Å². The molecule has 1 nitrogen and oxygen atoms in total. The SMILES string of the molecule is CC(C)[C@@H]1C[C@@H](C)C[C@H](O)C1. The Labute approximate surface area is 69.8 Å². The van der Waals surface area contributed by atoms with Crippen LogP contribution in [-0.2, 0) is 0 Å². The lowest BCUT2D eigenvalue weighted by Gasteiger charge is -2.32. The molecule has 1 N–H and O–H groups in total.